The van der Waals surface area contributed by atoms with Crippen LogP contribution in [0.5, 0.6) is 5.88 Å². The van der Waals surface area contributed by atoms with Gasteiger partial charge in [-0.2, -0.15) is 4.31 Å². The average molecular weight is 495 g/mol. The highest BCUT2D eigenvalue weighted by molar-refractivity contribution is 7.89. The Kier molecular flexibility index (Phi) is 7.33. The number of nitrogen functional groups attached to an aromatic ring is 1. The Bertz CT molecular complexity index is 1320. The summed E-state index contributed by atoms with van der Waals surface area (Å²) in [5.41, 5.74) is 13.6. The number of rotatable bonds is 7. The Morgan fingerprint density at radius 1 is 1.17 bits per heavy atom. The van der Waals surface area contributed by atoms with E-state index in [2.05, 4.69) is 55.3 Å². The van der Waals surface area contributed by atoms with Gasteiger partial charge in [-0.3, -0.25) is 0 Å². The molecule has 0 saturated heterocycles. The van der Waals surface area contributed by atoms with Crippen LogP contribution >= 0.6 is 0 Å². The van der Waals surface area contributed by atoms with Crippen LogP contribution in [-0.2, 0) is 16.6 Å². The van der Waals surface area contributed by atoms with Crippen molar-refractivity contribution in [1.29, 1.82) is 0 Å². The molecule has 1 unspecified atom stereocenters. The summed E-state index contributed by atoms with van der Waals surface area (Å²) in [5, 5.41) is 3.32. The van der Waals surface area contributed by atoms with Gasteiger partial charge in [0.15, 0.2) is 0 Å². The number of ether oxygens (including phenoxy) is 1. The first kappa shape index (κ1) is 25.0. The fraction of sp³-hybridized carbons (Fsp3) is 0.370. The van der Waals surface area contributed by atoms with Crippen LogP contribution in [0, 0.1) is 13.8 Å². The maximum absolute atomic E-state index is 13.4. The number of benzene rings is 2. The summed E-state index contributed by atoms with van der Waals surface area (Å²) in [6.07, 6.45) is 2.44. The van der Waals surface area contributed by atoms with Gasteiger partial charge in [-0.25, -0.2) is 13.4 Å². The molecule has 3 N–H and O–H groups in total. The van der Waals surface area contributed by atoms with E-state index >= 15 is 0 Å². The van der Waals surface area contributed by atoms with Gasteiger partial charge in [0.2, 0.25) is 15.9 Å². The number of aromatic nitrogens is 1. The minimum absolute atomic E-state index is 0.115. The Morgan fingerprint density at radius 2 is 1.97 bits per heavy atom. The summed E-state index contributed by atoms with van der Waals surface area (Å²) in [6, 6.07) is 13.7. The number of sulfonamides is 1. The molecular formula is C27H34N4O3S. The SMILES string of the molecule is CCNc1ccc(C(CC)c2ccc(C)c(CN3CCOc4ncccc4S3(=O)=O)c2)c(C)c1N. The van der Waals surface area contributed by atoms with Gasteiger partial charge in [0.1, 0.15) is 11.5 Å². The number of hydrogen-bond donors (Lipinski definition) is 2. The zero-order valence-electron chi connectivity index (χ0n) is 20.8. The minimum Gasteiger partial charge on any atom is -0.475 e. The summed E-state index contributed by atoms with van der Waals surface area (Å²) in [4.78, 5) is 4.22. The first-order chi connectivity index (χ1) is 16.8. The third kappa shape index (κ3) is 4.86. The van der Waals surface area contributed by atoms with E-state index in [1.54, 1.807) is 18.3 Å². The molecule has 2 aromatic carbocycles. The van der Waals surface area contributed by atoms with E-state index in [9.17, 15) is 8.42 Å². The number of nitrogens with one attached hydrogen (secondary N) is 1. The molecule has 0 aliphatic carbocycles. The zero-order chi connectivity index (χ0) is 25.2. The summed E-state index contributed by atoms with van der Waals surface area (Å²) in [6.45, 7) is 9.92. The molecule has 7 nitrogen and oxygen atoms in total. The monoisotopic (exact) mass is 494 g/mol. The lowest BCUT2D eigenvalue weighted by molar-refractivity contribution is 0.270. The molecule has 8 heteroatoms. The maximum Gasteiger partial charge on any atom is 0.248 e. The van der Waals surface area contributed by atoms with Crippen LogP contribution in [0.3, 0.4) is 0 Å². The molecule has 0 radical (unpaired) electrons. The Morgan fingerprint density at radius 3 is 2.71 bits per heavy atom. The molecule has 0 amide bonds. The molecule has 1 aromatic heterocycles. The molecular weight excluding hydrogens is 460 g/mol. The topological polar surface area (TPSA) is 97.5 Å². The van der Waals surface area contributed by atoms with Crippen molar-refractivity contribution in [3.63, 3.8) is 0 Å². The first-order valence-corrected chi connectivity index (χ1v) is 13.5. The van der Waals surface area contributed by atoms with Gasteiger partial charge >= 0.3 is 0 Å². The summed E-state index contributed by atoms with van der Waals surface area (Å²) >= 11 is 0. The molecule has 0 saturated carbocycles. The van der Waals surface area contributed by atoms with E-state index in [4.69, 9.17) is 10.5 Å². The molecule has 0 spiro atoms. The summed E-state index contributed by atoms with van der Waals surface area (Å²) in [5.74, 6) is 0.321. The van der Waals surface area contributed by atoms with Crippen molar-refractivity contribution in [3.05, 3.63) is 76.5 Å². The van der Waals surface area contributed by atoms with Crippen LogP contribution in [0.2, 0.25) is 0 Å². The Balaban J connectivity index is 1.68. The number of pyridine rings is 1. The molecule has 2 heterocycles. The molecule has 0 bridgehead atoms. The quantitative estimate of drug-likeness (QED) is 0.456. The molecule has 4 rings (SSSR count). The van der Waals surface area contributed by atoms with Crippen molar-refractivity contribution < 1.29 is 13.2 Å². The van der Waals surface area contributed by atoms with Gasteiger partial charge in [-0.1, -0.05) is 31.2 Å². The second kappa shape index (κ2) is 10.3. The molecule has 0 fully saturated rings. The number of nitrogens with zero attached hydrogens (tertiary/aromatic N) is 2. The van der Waals surface area contributed by atoms with Crippen molar-refractivity contribution in [2.45, 2.75) is 51.5 Å². The van der Waals surface area contributed by atoms with Crippen molar-refractivity contribution in [3.8, 4) is 5.88 Å². The molecule has 186 valence electrons. The Labute approximate surface area is 208 Å². The lowest BCUT2D eigenvalue weighted by Crippen LogP contribution is -2.32. The van der Waals surface area contributed by atoms with E-state index < -0.39 is 10.0 Å². The van der Waals surface area contributed by atoms with Gasteiger partial charge in [-0.05, 0) is 73.2 Å². The van der Waals surface area contributed by atoms with Gasteiger partial charge in [0.25, 0.3) is 0 Å². The molecule has 1 aliphatic heterocycles. The van der Waals surface area contributed by atoms with Crippen LogP contribution in [-0.4, -0.2) is 37.4 Å². The van der Waals surface area contributed by atoms with Gasteiger partial charge in [-0.15, -0.1) is 0 Å². The number of anilines is 2. The summed E-state index contributed by atoms with van der Waals surface area (Å²) < 4.78 is 33.9. The van der Waals surface area contributed by atoms with Crippen molar-refractivity contribution >= 4 is 21.4 Å². The molecule has 1 aliphatic rings. The number of nitrogens with two attached hydrogens (primary N) is 1. The predicted molar refractivity (Wildman–Crippen MR) is 140 cm³/mol. The van der Waals surface area contributed by atoms with E-state index in [1.165, 1.54) is 9.87 Å². The van der Waals surface area contributed by atoms with E-state index in [0.29, 0.717) is 0 Å². The molecule has 3 aromatic rings. The van der Waals surface area contributed by atoms with Crippen molar-refractivity contribution in [1.82, 2.24) is 9.29 Å². The standard InChI is InChI=1S/C27H34N4O3S/c1-5-22(23-11-12-24(29-6-2)26(28)19(23)4)20-10-9-18(3)21(16-20)17-31-14-15-34-27-25(35(31,32)33)8-7-13-30-27/h7-13,16,22,29H,5-6,14-15,17,28H2,1-4H3. The third-order valence-corrected chi connectivity index (χ3v) is 8.62. The second-order valence-corrected chi connectivity index (χ2v) is 10.8. The Hall–Kier alpha value is -3.10. The van der Waals surface area contributed by atoms with Crippen molar-refractivity contribution in [2.75, 3.05) is 30.7 Å². The maximum atomic E-state index is 13.4. The first-order valence-electron chi connectivity index (χ1n) is 12.1. The van der Waals surface area contributed by atoms with Crippen LogP contribution in [0.15, 0.2) is 53.6 Å². The molecule has 1 atom stereocenters. The second-order valence-electron chi connectivity index (χ2n) is 8.91. The number of fused-ring (bicyclic) bond motifs is 1. The van der Waals surface area contributed by atoms with E-state index in [1.807, 2.05) is 13.0 Å². The normalized spacial score (nSPS) is 16.1. The fourth-order valence-electron chi connectivity index (χ4n) is 4.72. The number of aryl methyl sites for hydroxylation is 1. The zero-order valence-corrected chi connectivity index (χ0v) is 21.7. The van der Waals surface area contributed by atoms with Crippen molar-refractivity contribution in [2.24, 2.45) is 0 Å². The van der Waals surface area contributed by atoms with Crippen LogP contribution in [0.25, 0.3) is 0 Å². The smallest absolute Gasteiger partial charge is 0.248 e. The van der Waals surface area contributed by atoms with Gasteiger partial charge in [0, 0.05) is 31.7 Å². The average Bonchev–Trinajstić information content (AvgIpc) is 2.97. The van der Waals surface area contributed by atoms with E-state index in [-0.39, 0.29) is 36.4 Å². The lowest BCUT2D eigenvalue weighted by atomic mass is 9.84. The third-order valence-electron chi connectivity index (χ3n) is 6.76. The lowest BCUT2D eigenvalue weighted by Gasteiger charge is -2.24. The van der Waals surface area contributed by atoms with Gasteiger partial charge in [0.05, 0.1) is 11.4 Å². The van der Waals surface area contributed by atoms with Gasteiger partial charge < -0.3 is 15.8 Å². The van der Waals surface area contributed by atoms with E-state index in [0.717, 1.165) is 46.6 Å². The largest absolute Gasteiger partial charge is 0.475 e. The fourth-order valence-corrected chi connectivity index (χ4v) is 6.20. The molecule has 35 heavy (non-hydrogen) atoms. The van der Waals surface area contributed by atoms with Crippen LogP contribution in [0.1, 0.15) is 54.0 Å². The number of hydrogen-bond acceptors (Lipinski definition) is 6. The van der Waals surface area contributed by atoms with Crippen LogP contribution in [0.4, 0.5) is 11.4 Å². The minimum atomic E-state index is -3.73. The highest BCUT2D eigenvalue weighted by Crippen LogP contribution is 2.36. The highest BCUT2D eigenvalue weighted by Gasteiger charge is 2.32. The highest BCUT2D eigenvalue weighted by atomic mass is 32.2. The summed E-state index contributed by atoms with van der Waals surface area (Å²) in [7, 11) is -3.73. The van der Waals surface area contributed by atoms with Crippen LogP contribution < -0.4 is 15.8 Å². The predicted octanol–water partition coefficient (Wildman–Crippen LogP) is 4.84.